The van der Waals surface area contributed by atoms with Crippen LogP contribution in [0.25, 0.3) is 0 Å². The Bertz CT molecular complexity index is 747. The van der Waals surface area contributed by atoms with Gasteiger partial charge in [0.1, 0.15) is 17.2 Å². The summed E-state index contributed by atoms with van der Waals surface area (Å²) in [6.45, 7) is 6.41. The highest BCUT2D eigenvalue weighted by molar-refractivity contribution is 6.01. The van der Waals surface area contributed by atoms with Crippen molar-refractivity contribution in [1.29, 1.82) is 0 Å². The lowest BCUT2D eigenvalue weighted by molar-refractivity contribution is 0.0955. The number of nitrogens with zero attached hydrogens (tertiary/aromatic N) is 1. The summed E-state index contributed by atoms with van der Waals surface area (Å²) >= 11 is 0. The predicted octanol–water partition coefficient (Wildman–Crippen LogP) is 3.29. The topological polar surface area (TPSA) is 91.2 Å². The molecule has 2 aromatic carbocycles. The van der Waals surface area contributed by atoms with Gasteiger partial charge in [-0.2, -0.15) is 5.10 Å². The number of phenols is 2. The molecule has 0 fully saturated rings. The third-order valence-corrected chi connectivity index (χ3v) is 3.35. The Morgan fingerprint density at radius 1 is 1.08 bits per heavy atom. The van der Waals surface area contributed by atoms with Crippen molar-refractivity contribution in [3.63, 3.8) is 0 Å². The standard InChI is InChI=1S/C19H22N2O4/c1-12(2)11-25-18-6-4-14(5-7-18)19(24)21-20-13(3)15-8-16(22)10-17(23)9-15/h4-10,12,22-23H,11H2,1-3H3,(H,21,24). The highest BCUT2D eigenvalue weighted by atomic mass is 16.5. The molecule has 0 aromatic heterocycles. The van der Waals surface area contributed by atoms with Gasteiger partial charge in [0.05, 0.1) is 12.3 Å². The SMILES string of the molecule is CC(=NNC(=O)c1ccc(OCC(C)C)cc1)c1cc(O)cc(O)c1. The molecular weight excluding hydrogens is 320 g/mol. The normalized spacial score (nSPS) is 11.4. The molecule has 2 aromatic rings. The Kier molecular flexibility index (Phi) is 6.00. The van der Waals surface area contributed by atoms with Crippen molar-refractivity contribution in [3.8, 4) is 17.2 Å². The van der Waals surface area contributed by atoms with Gasteiger partial charge in [-0.05, 0) is 49.2 Å². The van der Waals surface area contributed by atoms with Crippen LogP contribution in [0.1, 0.15) is 36.7 Å². The van der Waals surface area contributed by atoms with E-state index in [4.69, 9.17) is 4.74 Å². The van der Waals surface area contributed by atoms with E-state index in [0.717, 1.165) is 0 Å². The molecule has 1 amide bonds. The molecule has 0 saturated carbocycles. The van der Waals surface area contributed by atoms with Crippen LogP contribution in [0.3, 0.4) is 0 Å². The first-order valence-corrected chi connectivity index (χ1v) is 7.96. The van der Waals surface area contributed by atoms with Gasteiger partial charge in [-0.15, -0.1) is 0 Å². The number of hydrogen-bond acceptors (Lipinski definition) is 5. The van der Waals surface area contributed by atoms with Gasteiger partial charge in [0.2, 0.25) is 0 Å². The maximum absolute atomic E-state index is 12.1. The van der Waals surface area contributed by atoms with Crippen molar-refractivity contribution in [2.24, 2.45) is 11.0 Å². The summed E-state index contributed by atoms with van der Waals surface area (Å²) in [5, 5.41) is 23.0. The molecule has 0 spiro atoms. The van der Waals surface area contributed by atoms with Crippen molar-refractivity contribution in [2.75, 3.05) is 6.61 Å². The third-order valence-electron chi connectivity index (χ3n) is 3.35. The fourth-order valence-electron chi connectivity index (χ4n) is 2.03. The summed E-state index contributed by atoms with van der Waals surface area (Å²) in [6.07, 6.45) is 0. The third kappa shape index (κ3) is 5.53. The summed E-state index contributed by atoms with van der Waals surface area (Å²) in [6, 6.07) is 10.9. The zero-order valence-electron chi connectivity index (χ0n) is 14.5. The van der Waals surface area contributed by atoms with E-state index in [1.165, 1.54) is 18.2 Å². The number of aromatic hydroxyl groups is 2. The maximum atomic E-state index is 12.1. The molecule has 0 aliphatic heterocycles. The first kappa shape index (κ1) is 18.3. The van der Waals surface area contributed by atoms with Crippen molar-refractivity contribution >= 4 is 11.6 Å². The van der Waals surface area contributed by atoms with Crippen LogP contribution in [0, 0.1) is 5.92 Å². The molecule has 3 N–H and O–H groups in total. The summed E-state index contributed by atoms with van der Waals surface area (Å²) in [4.78, 5) is 12.1. The van der Waals surface area contributed by atoms with Crippen molar-refractivity contribution < 1.29 is 19.7 Å². The van der Waals surface area contributed by atoms with Gasteiger partial charge in [0.15, 0.2) is 0 Å². The first-order chi connectivity index (χ1) is 11.8. The van der Waals surface area contributed by atoms with E-state index in [2.05, 4.69) is 24.4 Å². The minimum atomic E-state index is -0.362. The van der Waals surface area contributed by atoms with Gasteiger partial charge in [-0.25, -0.2) is 5.43 Å². The van der Waals surface area contributed by atoms with Crippen LogP contribution < -0.4 is 10.2 Å². The average molecular weight is 342 g/mol. The molecule has 0 radical (unpaired) electrons. The number of benzene rings is 2. The molecule has 0 aliphatic carbocycles. The van der Waals surface area contributed by atoms with E-state index < -0.39 is 0 Å². The first-order valence-electron chi connectivity index (χ1n) is 7.96. The number of ether oxygens (including phenoxy) is 1. The van der Waals surface area contributed by atoms with Gasteiger partial charge in [0, 0.05) is 17.2 Å². The van der Waals surface area contributed by atoms with Crippen molar-refractivity contribution in [1.82, 2.24) is 5.43 Å². The van der Waals surface area contributed by atoms with Crippen LogP contribution >= 0.6 is 0 Å². The second kappa shape index (κ2) is 8.19. The molecule has 6 nitrogen and oxygen atoms in total. The number of hydrogen-bond donors (Lipinski definition) is 3. The largest absolute Gasteiger partial charge is 0.508 e. The van der Waals surface area contributed by atoms with Crippen LogP contribution in [-0.2, 0) is 0 Å². The Morgan fingerprint density at radius 3 is 2.24 bits per heavy atom. The molecule has 0 aliphatic rings. The summed E-state index contributed by atoms with van der Waals surface area (Å²) < 4.78 is 5.57. The fraction of sp³-hybridized carbons (Fsp3) is 0.263. The van der Waals surface area contributed by atoms with E-state index in [1.807, 2.05) is 0 Å². The smallest absolute Gasteiger partial charge is 0.271 e. The zero-order chi connectivity index (χ0) is 18.4. The molecule has 132 valence electrons. The zero-order valence-corrected chi connectivity index (χ0v) is 14.5. The van der Waals surface area contributed by atoms with Crippen LogP contribution in [-0.4, -0.2) is 28.4 Å². The van der Waals surface area contributed by atoms with E-state index >= 15 is 0 Å². The molecular formula is C19H22N2O4. The van der Waals surface area contributed by atoms with E-state index in [0.29, 0.717) is 35.1 Å². The second-order valence-corrected chi connectivity index (χ2v) is 6.11. The molecule has 0 saturated heterocycles. The average Bonchev–Trinajstić information content (AvgIpc) is 2.57. The number of phenolic OH excluding ortho intramolecular Hbond substituents is 2. The van der Waals surface area contributed by atoms with Gasteiger partial charge < -0.3 is 14.9 Å². The minimum absolute atomic E-state index is 0.0761. The number of amides is 1. The Morgan fingerprint density at radius 2 is 1.68 bits per heavy atom. The van der Waals surface area contributed by atoms with E-state index in [9.17, 15) is 15.0 Å². The quantitative estimate of drug-likeness (QED) is 0.555. The molecule has 25 heavy (non-hydrogen) atoms. The lowest BCUT2D eigenvalue weighted by atomic mass is 10.1. The molecule has 0 atom stereocenters. The summed E-state index contributed by atoms with van der Waals surface area (Å²) in [5.41, 5.74) is 3.87. The van der Waals surface area contributed by atoms with Crippen molar-refractivity contribution in [2.45, 2.75) is 20.8 Å². The lowest BCUT2D eigenvalue weighted by Gasteiger charge is -2.09. The molecule has 0 bridgehead atoms. The highest BCUT2D eigenvalue weighted by Gasteiger charge is 2.07. The number of carbonyl (C=O) groups is 1. The summed E-state index contributed by atoms with van der Waals surface area (Å²) in [5.74, 6) is 0.622. The van der Waals surface area contributed by atoms with Crippen LogP contribution in [0.4, 0.5) is 0 Å². The Balaban J connectivity index is 2.01. The van der Waals surface area contributed by atoms with Gasteiger partial charge in [-0.3, -0.25) is 4.79 Å². The predicted molar refractivity (Wildman–Crippen MR) is 96.2 cm³/mol. The number of carbonyl (C=O) groups excluding carboxylic acids is 1. The lowest BCUT2D eigenvalue weighted by Crippen LogP contribution is -2.19. The van der Waals surface area contributed by atoms with Crippen LogP contribution in [0.5, 0.6) is 17.2 Å². The van der Waals surface area contributed by atoms with Crippen LogP contribution in [0.15, 0.2) is 47.6 Å². The van der Waals surface area contributed by atoms with E-state index in [-0.39, 0.29) is 17.4 Å². The van der Waals surface area contributed by atoms with Gasteiger partial charge in [-0.1, -0.05) is 13.8 Å². The molecule has 0 unspecified atom stereocenters. The number of nitrogens with one attached hydrogen (secondary N) is 1. The fourth-order valence-corrected chi connectivity index (χ4v) is 2.03. The molecule has 2 rings (SSSR count). The number of rotatable bonds is 6. The second-order valence-electron chi connectivity index (χ2n) is 6.11. The Hall–Kier alpha value is -3.02. The van der Waals surface area contributed by atoms with Gasteiger partial charge in [0.25, 0.3) is 5.91 Å². The molecule has 6 heteroatoms. The highest BCUT2D eigenvalue weighted by Crippen LogP contribution is 2.20. The summed E-state index contributed by atoms with van der Waals surface area (Å²) in [7, 11) is 0. The Labute approximate surface area is 146 Å². The minimum Gasteiger partial charge on any atom is -0.508 e. The molecule has 0 heterocycles. The number of hydrazone groups is 1. The maximum Gasteiger partial charge on any atom is 0.271 e. The van der Waals surface area contributed by atoms with E-state index in [1.54, 1.807) is 31.2 Å². The van der Waals surface area contributed by atoms with Crippen molar-refractivity contribution in [3.05, 3.63) is 53.6 Å². The van der Waals surface area contributed by atoms with Gasteiger partial charge >= 0.3 is 0 Å². The van der Waals surface area contributed by atoms with Crippen LogP contribution in [0.2, 0.25) is 0 Å². The monoisotopic (exact) mass is 342 g/mol.